The van der Waals surface area contributed by atoms with E-state index in [2.05, 4.69) is 22.5 Å². The number of benzene rings is 2. The molecule has 0 aliphatic carbocycles. The number of nitrogens with two attached hydrogens (primary N) is 1. The summed E-state index contributed by atoms with van der Waals surface area (Å²) in [6.07, 6.45) is 1.94. The normalized spacial score (nSPS) is 15.5. The second-order valence-electron chi connectivity index (χ2n) is 8.71. The molecule has 1 amide bonds. The van der Waals surface area contributed by atoms with Crippen molar-refractivity contribution in [1.82, 2.24) is 15.6 Å². The number of hydrogen-bond donors (Lipinski definition) is 5. The van der Waals surface area contributed by atoms with Crippen molar-refractivity contribution in [2.45, 2.75) is 38.3 Å². The molecule has 1 aromatic heterocycles. The first-order valence-corrected chi connectivity index (χ1v) is 11.9. The molecular formula is C26H29BN4O5. The fourth-order valence-electron chi connectivity index (χ4n) is 4.30. The number of carbonyl (C=O) groups is 2. The number of fused-ring (bicyclic) bond motifs is 1. The van der Waals surface area contributed by atoms with E-state index in [1.165, 1.54) is 6.07 Å². The highest BCUT2D eigenvalue weighted by atomic mass is 16.5. The summed E-state index contributed by atoms with van der Waals surface area (Å²) in [7, 11) is -1.36. The average molecular weight is 488 g/mol. The number of hydrogen-bond acceptors (Lipinski definition) is 7. The Balaban J connectivity index is 1.39. The minimum atomic E-state index is -1.36. The number of nitrogens with zero attached hydrogens (tertiary/aromatic N) is 1. The molecule has 10 heteroatoms. The van der Waals surface area contributed by atoms with Gasteiger partial charge in [0.2, 0.25) is 5.91 Å². The van der Waals surface area contributed by atoms with Gasteiger partial charge in [-0.15, -0.1) is 0 Å². The molecule has 4 rings (SSSR count). The summed E-state index contributed by atoms with van der Waals surface area (Å²) in [6.45, 7) is 3.63. The lowest BCUT2D eigenvalue weighted by molar-refractivity contribution is -0.120. The fourth-order valence-corrected chi connectivity index (χ4v) is 4.30. The number of nitrogens with one attached hydrogen (secondary N) is 2. The molecule has 0 spiro atoms. The van der Waals surface area contributed by atoms with E-state index >= 15 is 0 Å². The first-order valence-electron chi connectivity index (χ1n) is 11.9. The van der Waals surface area contributed by atoms with E-state index in [1.807, 2.05) is 36.4 Å². The molecule has 1 aliphatic heterocycles. The van der Waals surface area contributed by atoms with E-state index in [4.69, 9.17) is 10.4 Å². The van der Waals surface area contributed by atoms with Crippen molar-refractivity contribution in [2.75, 3.05) is 6.54 Å². The van der Waals surface area contributed by atoms with Gasteiger partial charge in [-0.1, -0.05) is 49.4 Å². The van der Waals surface area contributed by atoms with Crippen LogP contribution >= 0.6 is 0 Å². The Kier molecular flexibility index (Phi) is 7.99. The number of carboxylic acid groups (broad SMARTS) is 1. The SMILES string of the molecule is CCNCc1ccccc1C(N)c1ccc(CC(=O)N[C@H]2Cc3cccc(C(=O)O)c3OB2O)cn1. The van der Waals surface area contributed by atoms with Crippen LogP contribution in [0.2, 0.25) is 0 Å². The number of amides is 1. The molecular weight excluding hydrogens is 459 g/mol. The van der Waals surface area contributed by atoms with E-state index in [0.29, 0.717) is 16.8 Å². The van der Waals surface area contributed by atoms with Crippen LogP contribution in [-0.4, -0.2) is 46.6 Å². The van der Waals surface area contributed by atoms with E-state index in [9.17, 15) is 19.7 Å². The Morgan fingerprint density at radius 2 is 2.00 bits per heavy atom. The molecule has 0 radical (unpaired) electrons. The van der Waals surface area contributed by atoms with Crippen LogP contribution in [-0.2, 0) is 24.2 Å². The highest BCUT2D eigenvalue weighted by Gasteiger charge is 2.37. The Morgan fingerprint density at radius 3 is 2.72 bits per heavy atom. The van der Waals surface area contributed by atoms with Crippen LogP contribution in [0.4, 0.5) is 0 Å². The highest BCUT2D eigenvalue weighted by molar-refractivity contribution is 6.47. The third kappa shape index (κ3) is 5.73. The van der Waals surface area contributed by atoms with Gasteiger partial charge in [0.25, 0.3) is 0 Å². The summed E-state index contributed by atoms with van der Waals surface area (Å²) in [5.74, 6) is -2.03. The number of pyridine rings is 1. The second-order valence-corrected chi connectivity index (χ2v) is 8.71. The van der Waals surface area contributed by atoms with Gasteiger partial charge in [0.1, 0.15) is 5.75 Å². The topological polar surface area (TPSA) is 147 Å². The zero-order chi connectivity index (χ0) is 25.7. The minimum absolute atomic E-state index is 0.0232. The summed E-state index contributed by atoms with van der Waals surface area (Å²) in [5, 5.41) is 25.8. The average Bonchev–Trinajstić information content (AvgIpc) is 2.87. The molecule has 2 atom stereocenters. The molecule has 1 aliphatic rings. The maximum absolute atomic E-state index is 12.7. The molecule has 0 fully saturated rings. The first-order chi connectivity index (χ1) is 17.4. The predicted octanol–water partition coefficient (Wildman–Crippen LogP) is 1.62. The van der Waals surface area contributed by atoms with Gasteiger partial charge in [0, 0.05) is 12.7 Å². The fraction of sp³-hybridized carbons (Fsp3) is 0.269. The summed E-state index contributed by atoms with van der Waals surface area (Å²) in [6, 6.07) is 16.0. The maximum Gasteiger partial charge on any atom is 0.547 e. The quantitative estimate of drug-likeness (QED) is 0.286. The van der Waals surface area contributed by atoms with E-state index in [-0.39, 0.29) is 30.1 Å². The Labute approximate surface area is 209 Å². The molecule has 36 heavy (non-hydrogen) atoms. The van der Waals surface area contributed by atoms with Crippen LogP contribution in [0.15, 0.2) is 60.8 Å². The number of carbonyl (C=O) groups excluding carboxylic acids is 1. The molecule has 3 aromatic rings. The van der Waals surface area contributed by atoms with Gasteiger partial charge in [0.15, 0.2) is 0 Å². The Bertz CT molecular complexity index is 1240. The summed E-state index contributed by atoms with van der Waals surface area (Å²) < 4.78 is 5.44. The monoisotopic (exact) mass is 488 g/mol. The number of carboxylic acids is 1. The molecule has 6 N–H and O–H groups in total. The van der Waals surface area contributed by atoms with Crippen molar-refractivity contribution in [1.29, 1.82) is 0 Å². The zero-order valence-corrected chi connectivity index (χ0v) is 20.0. The van der Waals surface area contributed by atoms with E-state index < -0.39 is 25.1 Å². The van der Waals surface area contributed by atoms with Crippen molar-refractivity contribution in [2.24, 2.45) is 5.73 Å². The summed E-state index contributed by atoms with van der Waals surface area (Å²) >= 11 is 0. The molecule has 2 heterocycles. The maximum atomic E-state index is 12.7. The van der Waals surface area contributed by atoms with Gasteiger partial charge >= 0.3 is 13.1 Å². The van der Waals surface area contributed by atoms with Crippen molar-refractivity contribution < 1.29 is 24.4 Å². The van der Waals surface area contributed by atoms with Gasteiger partial charge in [-0.25, -0.2) is 4.79 Å². The standard InChI is InChI=1S/C26H29BN4O5/c1-2-29-15-18-6-3-4-8-19(18)24(28)21-11-10-16(14-30-21)12-23(32)31-22-13-17-7-5-9-20(26(33)34)25(17)36-27(22)35/h3-11,14,22,24,29,35H,2,12-13,15,28H2,1H3,(H,31,32)(H,33,34)/t22-,24?/m0/s1. The zero-order valence-electron chi connectivity index (χ0n) is 20.0. The Hall–Kier alpha value is -3.73. The number of aromatic carboxylic acids is 1. The third-order valence-corrected chi connectivity index (χ3v) is 6.18. The lowest BCUT2D eigenvalue weighted by Gasteiger charge is -2.28. The Morgan fingerprint density at radius 1 is 1.19 bits per heavy atom. The largest absolute Gasteiger partial charge is 0.547 e. The van der Waals surface area contributed by atoms with Gasteiger partial charge < -0.3 is 31.2 Å². The lowest BCUT2D eigenvalue weighted by Crippen LogP contribution is -2.53. The molecule has 0 saturated carbocycles. The van der Waals surface area contributed by atoms with Crippen molar-refractivity contribution in [3.63, 3.8) is 0 Å². The smallest absolute Gasteiger partial charge is 0.534 e. The van der Waals surface area contributed by atoms with Crippen LogP contribution in [0.25, 0.3) is 0 Å². The van der Waals surface area contributed by atoms with Crippen molar-refractivity contribution >= 4 is 19.0 Å². The van der Waals surface area contributed by atoms with Crippen LogP contribution in [0.5, 0.6) is 5.75 Å². The van der Waals surface area contributed by atoms with Crippen LogP contribution in [0.1, 0.15) is 51.3 Å². The molecule has 9 nitrogen and oxygen atoms in total. The number of aromatic nitrogens is 1. The highest BCUT2D eigenvalue weighted by Crippen LogP contribution is 2.30. The van der Waals surface area contributed by atoms with Crippen LogP contribution < -0.4 is 21.0 Å². The number of rotatable bonds is 9. The van der Waals surface area contributed by atoms with E-state index in [0.717, 1.165) is 24.2 Å². The van der Waals surface area contributed by atoms with Crippen LogP contribution in [0.3, 0.4) is 0 Å². The lowest BCUT2D eigenvalue weighted by atomic mass is 9.72. The van der Waals surface area contributed by atoms with Crippen LogP contribution in [0, 0.1) is 0 Å². The van der Waals surface area contributed by atoms with E-state index in [1.54, 1.807) is 18.3 Å². The van der Waals surface area contributed by atoms with Gasteiger partial charge in [0.05, 0.1) is 29.7 Å². The molecule has 186 valence electrons. The van der Waals surface area contributed by atoms with Crippen molar-refractivity contribution in [3.8, 4) is 5.75 Å². The molecule has 0 bridgehead atoms. The first kappa shape index (κ1) is 25.4. The molecule has 1 unspecified atom stereocenters. The van der Waals surface area contributed by atoms with Gasteiger partial charge in [-0.3, -0.25) is 9.78 Å². The van der Waals surface area contributed by atoms with Gasteiger partial charge in [-0.05, 0) is 47.4 Å². The minimum Gasteiger partial charge on any atom is -0.534 e. The predicted molar refractivity (Wildman–Crippen MR) is 135 cm³/mol. The molecule has 2 aromatic carbocycles. The second kappa shape index (κ2) is 11.3. The third-order valence-electron chi connectivity index (χ3n) is 6.18. The molecule has 0 saturated heterocycles. The van der Waals surface area contributed by atoms with Crippen molar-refractivity contribution in [3.05, 3.63) is 94.3 Å². The van der Waals surface area contributed by atoms with Gasteiger partial charge in [-0.2, -0.15) is 0 Å². The number of para-hydroxylation sites is 1. The summed E-state index contributed by atoms with van der Waals surface area (Å²) in [4.78, 5) is 28.6. The summed E-state index contributed by atoms with van der Waals surface area (Å²) in [5.41, 5.74) is 10.6.